The van der Waals surface area contributed by atoms with Crippen LogP contribution in [0.3, 0.4) is 0 Å². The zero-order valence-corrected chi connectivity index (χ0v) is 19.8. The number of rotatable bonds is 6. The predicted molar refractivity (Wildman–Crippen MR) is 98.2 cm³/mol. The molecule has 1 rings (SSSR count). The van der Waals surface area contributed by atoms with Crippen molar-refractivity contribution in [2.75, 3.05) is 19.8 Å². The zero-order chi connectivity index (χ0) is 19.1. The number of carbonyl (C=O) groups is 3. The van der Waals surface area contributed by atoms with Crippen LogP contribution in [0.15, 0.2) is 0 Å². The Labute approximate surface area is 187 Å². The summed E-state index contributed by atoms with van der Waals surface area (Å²) in [6.45, 7) is 2.74. The van der Waals surface area contributed by atoms with Crippen LogP contribution >= 0.6 is 23.5 Å². The summed E-state index contributed by atoms with van der Waals surface area (Å²) in [5.41, 5.74) is -2.08. The van der Waals surface area contributed by atoms with E-state index in [1.165, 1.54) is 34.4 Å². The van der Waals surface area contributed by atoms with Gasteiger partial charge in [-0.2, -0.15) is 6.41 Å². The maximum absolute atomic E-state index is 12.3. The molecule has 1 heterocycles. The fourth-order valence-corrected chi connectivity index (χ4v) is 2.47. The van der Waals surface area contributed by atoms with Crippen molar-refractivity contribution < 1.29 is 60.7 Å². The van der Waals surface area contributed by atoms with Gasteiger partial charge in [0.15, 0.2) is 0 Å². The Kier molecular flexibility index (Phi) is 27.0. The summed E-state index contributed by atoms with van der Waals surface area (Å²) < 4.78 is 24.3. The summed E-state index contributed by atoms with van der Waals surface area (Å²) in [5.74, 6) is -0.865. The van der Waals surface area contributed by atoms with Gasteiger partial charge < -0.3 is 37.8 Å². The van der Waals surface area contributed by atoms with Crippen molar-refractivity contribution in [3.05, 3.63) is 12.7 Å². The molecule has 0 saturated carbocycles. The van der Waals surface area contributed by atoms with Crippen LogP contribution in [-0.2, 0) is 51.9 Å². The molecule has 0 bridgehead atoms. The molecule has 0 aromatic rings. The van der Waals surface area contributed by atoms with Crippen LogP contribution < -0.4 is 10.6 Å². The van der Waals surface area contributed by atoms with Gasteiger partial charge in [-0.15, -0.1) is 23.5 Å². The molecule has 0 radical (unpaired) electrons. The van der Waals surface area contributed by atoms with E-state index in [1.807, 2.05) is 0 Å². The van der Waals surface area contributed by atoms with E-state index in [0.717, 1.165) is 23.5 Å². The van der Waals surface area contributed by atoms with Crippen LogP contribution in [0.2, 0.25) is 0 Å². The maximum Gasteiger partial charge on any atom is 3.00 e. The van der Waals surface area contributed by atoms with E-state index >= 15 is 0 Å². The van der Waals surface area contributed by atoms with E-state index in [9.17, 15) is 23.2 Å². The van der Waals surface area contributed by atoms with E-state index in [1.54, 1.807) is 0 Å². The second-order valence-electron chi connectivity index (χ2n) is 4.09. The number of nitrogens with zero attached hydrogens (tertiary/aromatic N) is 1. The number of imide groups is 1. The molecule has 2 N–H and O–H groups in total. The van der Waals surface area contributed by atoms with Crippen LogP contribution in [0.5, 0.6) is 0 Å². The van der Waals surface area contributed by atoms with Crippen LogP contribution in [0.25, 0.3) is 5.32 Å². The number of alkyl halides is 2. The fourth-order valence-electron chi connectivity index (χ4n) is 1.08. The summed E-state index contributed by atoms with van der Waals surface area (Å²) in [7, 11) is 3.04. The molecular formula is C14H24F2N3O4S2Y. The largest absolute Gasteiger partial charge is 3.00 e. The van der Waals surface area contributed by atoms with Crippen molar-refractivity contribution in [2.45, 2.75) is 36.5 Å². The van der Waals surface area contributed by atoms with Gasteiger partial charge in [-0.3, -0.25) is 4.79 Å². The minimum Gasteiger partial charge on any atom is -0.595 e. The van der Waals surface area contributed by atoms with Crippen molar-refractivity contribution in [3.8, 4) is 0 Å². The van der Waals surface area contributed by atoms with Crippen molar-refractivity contribution in [2.24, 2.45) is 0 Å². The molecule has 1 aliphatic heterocycles. The maximum atomic E-state index is 12.3. The Morgan fingerprint density at radius 3 is 2.08 bits per heavy atom. The van der Waals surface area contributed by atoms with E-state index in [-0.39, 0.29) is 58.2 Å². The average molecular weight is 487 g/mol. The van der Waals surface area contributed by atoms with Crippen LogP contribution in [-0.4, -0.2) is 60.2 Å². The molecule has 1 fully saturated rings. The monoisotopic (exact) mass is 487 g/mol. The van der Waals surface area contributed by atoms with Gasteiger partial charge in [-0.25, -0.2) is 8.78 Å². The summed E-state index contributed by atoms with van der Waals surface area (Å²) in [6.07, 6.45) is 1.48. The predicted octanol–water partition coefficient (Wildman–Crippen LogP) is 1.74. The van der Waals surface area contributed by atoms with Crippen molar-refractivity contribution in [1.82, 2.24) is 10.6 Å². The first-order valence-electron chi connectivity index (χ1n) is 6.75. The molecule has 12 heteroatoms. The smallest absolute Gasteiger partial charge is 0.595 e. The van der Waals surface area contributed by atoms with Crippen molar-refractivity contribution in [1.29, 1.82) is 0 Å². The Balaban J connectivity index is -0.000000147. The molecule has 1 saturated heterocycles. The Hall–Kier alpha value is -0.256. The molecule has 3 atom stereocenters. The third kappa shape index (κ3) is 21.8. The standard InChI is InChI=1S/C6H8FNO2S.C5H10FNOS.C2H4NO.CH3.Y/c1-3(7)11-4-2-5(9)8-6(4)10;1-4(6)9-3-5(8)7-2;1-3-2-4;;/h3-4H,2H2,1H3,(H,8,9,10);4H,3H2,1-2H3,(H,7,8);1H3,(H,3,4);1H3;/q;;2*-1;+3/p-1/i7-1;6-1;;;. The Morgan fingerprint density at radius 2 is 1.81 bits per heavy atom. The van der Waals surface area contributed by atoms with Gasteiger partial charge in [0.1, 0.15) is 11.0 Å². The van der Waals surface area contributed by atoms with Gasteiger partial charge in [0.25, 0.3) is 0 Å². The number of thioether (sulfide) groups is 2. The van der Waals surface area contributed by atoms with E-state index in [0.29, 0.717) is 0 Å². The molecule has 4 amide bonds. The first kappa shape index (κ1) is 33.3. The van der Waals surface area contributed by atoms with Crippen LogP contribution in [0.1, 0.15) is 20.3 Å². The molecule has 1 aliphatic rings. The number of halogens is 2. The first-order valence-corrected chi connectivity index (χ1v) is 8.75. The van der Waals surface area contributed by atoms with Gasteiger partial charge >= 0.3 is 32.7 Å². The minimum absolute atomic E-state index is 0. The SMILES string of the molecule is CC([18F])SC1CC(=O)[N-]C1=O.CNC(=O)CSC(C)[18F].CN[C-]=O.[CH3-].[Y+3]. The van der Waals surface area contributed by atoms with Crippen molar-refractivity contribution in [3.63, 3.8) is 0 Å². The second kappa shape index (κ2) is 21.0. The number of carbonyl (C=O) groups excluding carboxylic acids is 4. The third-order valence-electron chi connectivity index (χ3n) is 2.05. The van der Waals surface area contributed by atoms with Gasteiger partial charge in [-0.05, 0) is 20.9 Å². The fraction of sp³-hybridized carbons (Fsp3) is 0.643. The van der Waals surface area contributed by atoms with Crippen LogP contribution in [0, 0.1) is 7.43 Å². The zero-order valence-electron chi connectivity index (χ0n) is 15.4. The summed E-state index contributed by atoms with van der Waals surface area (Å²) >= 11 is 1.83. The molecule has 7 nitrogen and oxygen atoms in total. The Bertz CT molecular complexity index is 420. The van der Waals surface area contributed by atoms with Gasteiger partial charge in [-0.1, -0.05) is 0 Å². The third-order valence-corrected chi connectivity index (χ3v) is 4.01. The number of amides is 4. The molecule has 26 heavy (non-hydrogen) atoms. The molecule has 0 aromatic heterocycles. The van der Waals surface area contributed by atoms with Crippen LogP contribution in [0.4, 0.5) is 8.78 Å². The molecule has 3 unspecified atom stereocenters. The molecule has 0 spiro atoms. The molecule has 148 valence electrons. The topological polar surface area (TPSA) is 106 Å². The van der Waals surface area contributed by atoms with E-state index in [2.05, 4.69) is 16.0 Å². The number of hydrogen-bond donors (Lipinski definition) is 2. The number of hydrogen-bond acceptors (Lipinski definition) is 6. The summed E-state index contributed by atoms with van der Waals surface area (Å²) in [4.78, 5) is 40.6. The number of nitrogens with one attached hydrogen (secondary N) is 2. The minimum atomic E-state index is -1.12. The average Bonchev–Trinajstić information content (AvgIpc) is 2.82. The van der Waals surface area contributed by atoms with E-state index < -0.39 is 28.1 Å². The summed E-state index contributed by atoms with van der Waals surface area (Å²) in [6, 6.07) is 0. The van der Waals surface area contributed by atoms with Gasteiger partial charge in [0.2, 0.25) is 5.91 Å². The normalized spacial score (nSPS) is 16.6. The van der Waals surface area contributed by atoms with Gasteiger partial charge in [0, 0.05) is 13.5 Å². The quantitative estimate of drug-likeness (QED) is 0.336. The molecule has 0 aliphatic carbocycles. The van der Waals surface area contributed by atoms with Gasteiger partial charge in [0.05, 0.1) is 22.8 Å². The molecular weight excluding hydrogens is 463 g/mol. The van der Waals surface area contributed by atoms with Crippen molar-refractivity contribution >= 4 is 47.7 Å². The summed E-state index contributed by atoms with van der Waals surface area (Å²) in [5, 5.41) is 7.10. The second-order valence-corrected chi connectivity index (χ2v) is 6.86. The molecule has 0 aromatic carbocycles. The van der Waals surface area contributed by atoms with E-state index in [4.69, 9.17) is 4.79 Å². The Morgan fingerprint density at radius 1 is 1.31 bits per heavy atom. The first-order chi connectivity index (χ1) is 11.2.